The molecular weight excluding hydrogens is 514 g/mol. The minimum atomic E-state index is -5.11. The highest BCUT2D eigenvalue weighted by atomic mass is 32.2. The summed E-state index contributed by atoms with van der Waals surface area (Å²) in [5, 5.41) is -4.26. The molecule has 0 amide bonds. The van der Waals surface area contributed by atoms with E-state index in [4.69, 9.17) is 0 Å². The number of rotatable bonds is 11. The number of sulfone groups is 1. The van der Waals surface area contributed by atoms with E-state index in [0.29, 0.717) is 13.1 Å². The number of alkyl halides is 2. The van der Waals surface area contributed by atoms with E-state index < -0.39 is 47.8 Å². The van der Waals surface area contributed by atoms with Crippen molar-refractivity contribution in [3.05, 3.63) is 102 Å². The molecule has 0 aliphatic carbocycles. The van der Waals surface area contributed by atoms with Crippen molar-refractivity contribution in [3.63, 3.8) is 0 Å². The van der Waals surface area contributed by atoms with E-state index in [1.165, 1.54) is 12.1 Å². The Bertz CT molecular complexity index is 1230. The van der Waals surface area contributed by atoms with Gasteiger partial charge in [0, 0.05) is 19.1 Å². The van der Waals surface area contributed by atoms with Crippen LogP contribution in [0.1, 0.15) is 38.8 Å². The molecule has 0 heterocycles. The molecule has 0 spiro atoms. The zero-order valence-corrected chi connectivity index (χ0v) is 23.1. The summed E-state index contributed by atoms with van der Waals surface area (Å²) >= 11 is 0. The Labute approximate surface area is 221 Å². The van der Waals surface area contributed by atoms with Crippen LogP contribution in [-0.4, -0.2) is 39.6 Å². The molecule has 0 unspecified atom stereocenters. The van der Waals surface area contributed by atoms with Crippen molar-refractivity contribution in [1.29, 1.82) is 0 Å². The maximum Gasteiger partial charge on any atom is 0.367 e. The first-order valence-corrected chi connectivity index (χ1v) is 14.6. The zero-order chi connectivity index (χ0) is 27.3. The van der Waals surface area contributed by atoms with Crippen LogP contribution in [0.15, 0.2) is 95.9 Å². The summed E-state index contributed by atoms with van der Waals surface area (Å²) in [5.74, 6) is 0. The van der Waals surface area contributed by atoms with Crippen molar-refractivity contribution < 1.29 is 21.4 Å². The fraction of sp³-hybridized carbons (Fsp3) is 0.357. The monoisotopic (exact) mass is 548 g/mol. The van der Waals surface area contributed by atoms with Crippen LogP contribution in [0.2, 0.25) is 0 Å². The standard InChI is InChI=1S/C28H34F2N2O3S2/c1-22(32(20-23-14-8-5-9-15-23)21-24-16-10-6-11-17-24)26(31-36(33)27(2,3)4)28(29,30)37(34,35)25-18-12-7-13-19-25/h5-19,22,26,31H,20-21H2,1-4H3/t22-,26-,36+/m0/s1. The van der Waals surface area contributed by atoms with Crippen molar-refractivity contribution in [3.8, 4) is 0 Å². The number of nitrogens with zero attached hydrogens (tertiary/aromatic N) is 1. The first kappa shape index (κ1) is 29.1. The van der Waals surface area contributed by atoms with Crippen molar-refractivity contribution in [2.75, 3.05) is 0 Å². The van der Waals surface area contributed by atoms with Gasteiger partial charge < -0.3 is 0 Å². The van der Waals surface area contributed by atoms with Crippen LogP contribution in [0.3, 0.4) is 0 Å². The van der Waals surface area contributed by atoms with Gasteiger partial charge in [0.1, 0.15) is 6.04 Å². The zero-order valence-electron chi connectivity index (χ0n) is 21.5. The number of benzene rings is 3. The van der Waals surface area contributed by atoms with Gasteiger partial charge in [-0.2, -0.15) is 8.78 Å². The normalized spacial score (nSPS) is 15.3. The molecule has 3 atom stereocenters. The molecule has 3 aromatic rings. The van der Waals surface area contributed by atoms with Gasteiger partial charge in [0.25, 0.3) is 0 Å². The molecule has 37 heavy (non-hydrogen) atoms. The Morgan fingerprint density at radius 1 is 0.811 bits per heavy atom. The first-order chi connectivity index (χ1) is 17.3. The van der Waals surface area contributed by atoms with Crippen LogP contribution >= 0.6 is 0 Å². The molecule has 1 N–H and O–H groups in total. The van der Waals surface area contributed by atoms with Gasteiger partial charge in [-0.1, -0.05) is 78.9 Å². The van der Waals surface area contributed by atoms with Gasteiger partial charge in [-0.3, -0.25) is 4.90 Å². The molecule has 0 aliphatic rings. The number of hydrogen-bond acceptors (Lipinski definition) is 4. The summed E-state index contributed by atoms with van der Waals surface area (Å²) in [6.45, 7) is 7.07. The summed E-state index contributed by atoms with van der Waals surface area (Å²) in [5.41, 5.74) is 1.77. The Hall–Kier alpha value is -2.46. The van der Waals surface area contributed by atoms with Crippen LogP contribution in [0.4, 0.5) is 8.78 Å². The smallest absolute Gasteiger partial charge is 0.290 e. The first-order valence-electron chi connectivity index (χ1n) is 12.0. The predicted octanol–water partition coefficient (Wildman–Crippen LogP) is 5.56. The maximum atomic E-state index is 16.2. The third kappa shape index (κ3) is 7.10. The minimum Gasteiger partial charge on any atom is -0.290 e. The molecule has 3 aromatic carbocycles. The van der Waals surface area contributed by atoms with Crippen molar-refractivity contribution in [2.24, 2.45) is 0 Å². The third-order valence-electron chi connectivity index (χ3n) is 6.08. The molecular formula is C28H34F2N2O3S2. The maximum absolute atomic E-state index is 16.2. The lowest BCUT2D eigenvalue weighted by molar-refractivity contribution is 0.0119. The van der Waals surface area contributed by atoms with E-state index in [0.717, 1.165) is 23.3 Å². The van der Waals surface area contributed by atoms with Gasteiger partial charge in [0.05, 0.1) is 20.6 Å². The highest BCUT2D eigenvalue weighted by molar-refractivity contribution is 7.92. The molecule has 5 nitrogen and oxygen atoms in total. The lowest BCUT2D eigenvalue weighted by Crippen LogP contribution is -2.61. The van der Waals surface area contributed by atoms with Crippen LogP contribution < -0.4 is 4.72 Å². The molecule has 0 saturated carbocycles. The third-order valence-corrected chi connectivity index (χ3v) is 9.52. The molecule has 3 rings (SSSR count). The second-order valence-corrected chi connectivity index (χ2v) is 14.0. The van der Waals surface area contributed by atoms with E-state index in [1.807, 2.05) is 60.7 Å². The van der Waals surface area contributed by atoms with Gasteiger partial charge in [-0.05, 0) is 51.0 Å². The molecule has 0 radical (unpaired) electrons. The topological polar surface area (TPSA) is 66.5 Å². The minimum absolute atomic E-state index is 0.290. The second-order valence-electron chi connectivity index (χ2n) is 9.97. The van der Waals surface area contributed by atoms with E-state index >= 15 is 8.78 Å². The number of nitrogens with one attached hydrogen (secondary N) is 1. The summed E-state index contributed by atoms with van der Waals surface area (Å²) in [6, 6.07) is 22.4. The molecule has 0 fully saturated rings. The highest BCUT2D eigenvalue weighted by Gasteiger charge is 2.56. The Morgan fingerprint density at radius 2 is 1.22 bits per heavy atom. The molecule has 0 saturated heterocycles. The van der Waals surface area contributed by atoms with Gasteiger partial charge in [-0.15, -0.1) is 0 Å². The number of hydrogen-bond donors (Lipinski definition) is 1. The summed E-state index contributed by atoms with van der Waals surface area (Å²) in [7, 11) is -7.07. The van der Waals surface area contributed by atoms with E-state index in [9.17, 15) is 12.6 Å². The molecule has 0 aromatic heterocycles. The lowest BCUT2D eigenvalue weighted by atomic mass is 10.1. The van der Waals surface area contributed by atoms with Crippen molar-refractivity contribution >= 4 is 20.8 Å². The van der Waals surface area contributed by atoms with Crippen LogP contribution in [-0.2, 0) is 33.9 Å². The molecule has 0 aliphatic heterocycles. The van der Waals surface area contributed by atoms with Crippen molar-refractivity contribution in [2.45, 2.75) is 67.8 Å². The summed E-state index contributed by atoms with van der Waals surface area (Å²) in [6.07, 6.45) is 0. The van der Waals surface area contributed by atoms with Gasteiger partial charge in [0.15, 0.2) is 0 Å². The lowest BCUT2D eigenvalue weighted by Gasteiger charge is -2.39. The Morgan fingerprint density at radius 3 is 1.62 bits per heavy atom. The SMILES string of the molecule is C[C@@H]([C@H](N[S@](=O)C(C)(C)C)C(F)(F)S(=O)(=O)c1ccccc1)N(Cc1ccccc1)Cc1ccccc1. The van der Waals surface area contributed by atoms with E-state index in [-0.39, 0.29) is 0 Å². The summed E-state index contributed by atoms with van der Waals surface area (Å²) < 4.78 is 73.6. The predicted molar refractivity (Wildman–Crippen MR) is 145 cm³/mol. The van der Waals surface area contributed by atoms with Crippen LogP contribution in [0.25, 0.3) is 0 Å². The van der Waals surface area contributed by atoms with Crippen molar-refractivity contribution in [1.82, 2.24) is 9.62 Å². The second kappa shape index (κ2) is 11.9. The molecule has 0 bridgehead atoms. The fourth-order valence-electron chi connectivity index (χ4n) is 3.85. The largest absolute Gasteiger partial charge is 0.367 e. The van der Waals surface area contributed by atoms with Gasteiger partial charge in [0.2, 0.25) is 9.84 Å². The van der Waals surface area contributed by atoms with Crippen LogP contribution in [0.5, 0.6) is 0 Å². The van der Waals surface area contributed by atoms with E-state index in [1.54, 1.807) is 38.7 Å². The molecule has 200 valence electrons. The number of halogens is 2. The average molecular weight is 549 g/mol. The van der Waals surface area contributed by atoms with Gasteiger partial charge in [-0.25, -0.2) is 17.3 Å². The average Bonchev–Trinajstić information content (AvgIpc) is 2.87. The van der Waals surface area contributed by atoms with Gasteiger partial charge >= 0.3 is 5.25 Å². The summed E-state index contributed by atoms with van der Waals surface area (Å²) in [4.78, 5) is 1.30. The highest BCUT2D eigenvalue weighted by Crippen LogP contribution is 2.36. The Kier molecular flexibility index (Phi) is 9.39. The molecule has 9 heteroatoms. The fourth-order valence-corrected chi connectivity index (χ4v) is 6.28. The Balaban J connectivity index is 2.08. The van der Waals surface area contributed by atoms with Crippen LogP contribution in [0, 0.1) is 0 Å². The van der Waals surface area contributed by atoms with E-state index in [2.05, 4.69) is 4.72 Å². The quantitative estimate of drug-likeness (QED) is 0.341.